The second kappa shape index (κ2) is 8.18. The maximum absolute atomic E-state index is 13.2. The van der Waals surface area contributed by atoms with Gasteiger partial charge in [0.05, 0.1) is 11.4 Å². The molecule has 0 saturated carbocycles. The van der Waals surface area contributed by atoms with Gasteiger partial charge >= 0.3 is 0 Å². The average molecular weight is 406 g/mol. The monoisotopic (exact) mass is 406 g/mol. The summed E-state index contributed by atoms with van der Waals surface area (Å²) < 4.78 is 0. The zero-order chi connectivity index (χ0) is 21.3. The minimum absolute atomic E-state index is 0.0638. The number of rotatable bonds is 3. The number of amides is 3. The van der Waals surface area contributed by atoms with Crippen LogP contribution >= 0.6 is 0 Å². The fourth-order valence-electron chi connectivity index (χ4n) is 4.13. The van der Waals surface area contributed by atoms with E-state index in [1.807, 2.05) is 48.3 Å². The summed E-state index contributed by atoms with van der Waals surface area (Å²) >= 11 is 0. The summed E-state index contributed by atoms with van der Waals surface area (Å²) in [5.41, 5.74) is 2.81. The number of benzene rings is 2. The molecule has 1 N–H and O–H groups in total. The molecule has 1 fully saturated rings. The lowest BCUT2D eigenvalue weighted by Crippen LogP contribution is -2.53. The van der Waals surface area contributed by atoms with Crippen LogP contribution in [-0.4, -0.2) is 55.8 Å². The smallest absolute Gasteiger partial charge is 0.254 e. The van der Waals surface area contributed by atoms with Gasteiger partial charge in [0.1, 0.15) is 6.04 Å². The topological polar surface area (TPSA) is 73.0 Å². The normalized spacial score (nSPS) is 19.1. The highest BCUT2D eigenvalue weighted by atomic mass is 16.2. The van der Waals surface area contributed by atoms with E-state index in [9.17, 15) is 14.4 Å². The van der Waals surface area contributed by atoms with Crippen molar-refractivity contribution in [2.75, 3.05) is 42.3 Å². The first-order valence-electron chi connectivity index (χ1n) is 10.2. The van der Waals surface area contributed by atoms with E-state index in [2.05, 4.69) is 5.32 Å². The summed E-state index contributed by atoms with van der Waals surface area (Å²) in [5.74, 6) is -0.363. The number of nitrogens with one attached hydrogen (secondary N) is 1. The molecule has 30 heavy (non-hydrogen) atoms. The predicted octanol–water partition coefficient (Wildman–Crippen LogP) is 2.73. The van der Waals surface area contributed by atoms with Crippen molar-refractivity contribution in [1.29, 1.82) is 0 Å². The Morgan fingerprint density at radius 1 is 1.10 bits per heavy atom. The third-order valence-electron chi connectivity index (χ3n) is 5.87. The molecule has 4 rings (SSSR count). The van der Waals surface area contributed by atoms with Gasteiger partial charge in [-0.3, -0.25) is 14.4 Å². The van der Waals surface area contributed by atoms with Gasteiger partial charge in [0.25, 0.3) is 5.91 Å². The van der Waals surface area contributed by atoms with Crippen molar-refractivity contribution in [2.45, 2.75) is 25.3 Å². The molecule has 1 atom stereocenters. The Balaban J connectivity index is 1.56. The number of carbonyl (C=O) groups is 3. The molecule has 2 aliphatic heterocycles. The van der Waals surface area contributed by atoms with Crippen molar-refractivity contribution < 1.29 is 14.4 Å². The molecule has 0 aromatic heterocycles. The highest BCUT2D eigenvalue weighted by molar-refractivity contribution is 6.04. The largest absolute Gasteiger partial charge is 0.372 e. The van der Waals surface area contributed by atoms with Crippen LogP contribution in [0.15, 0.2) is 48.5 Å². The van der Waals surface area contributed by atoms with Gasteiger partial charge in [-0.2, -0.15) is 0 Å². The van der Waals surface area contributed by atoms with E-state index >= 15 is 0 Å². The summed E-state index contributed by atoms with van der Waals surface area (Å²) in [6.45, 7) is 1.27. The predicted molar refractivity (Wildman–Crippen MR) is 117 cm³/mol. The summed E-state index contributed by atoms with van der Waals surface area (Å²) in [7, 11) is 3.60. The van der Waals surface area contributed by atoms with Crippen molar-refractivity contribution in [1.82, 2.24) is 4.90 Å². The van der Waals surface area contributed by atoms with Crippen LogP contribution in [0.5, 0.6) is 0 Å². The minimum Gasteiger partial charge on any atom is -0.372 e. The van der Waals surface area contributed by atoms with Gasteiger partial charge in [-0.25, -0.2) is 0 Å². The summed E-state index contributed by atoms with van der Waals surface area (Å²) in [6, 6.07) is 14.3. The molecule has 1 saturated heterocycles. The van der Waals surface area contributed by atoms with Crippen molar-refractivity contribution in [3.05, 3.63) is 54.1 Å². The summed E-state index contributed by atoms with van der Waals surface area (Å²) in [5, 5.41) is 2.88. The fraction of sp³-hybridized carbons (Fsp3) is 0.348. The van der Waals surface area contributed by atoms with Gasteiger partial charge < -0.3 is 20.0 Å². The highest BCUT2D eigenvalue weighted by Gasteiger charge is 2.35. The zero-order valence-corrected chi connectivity index (χ0v) is 17.3. The van der Waals surface area contributed by atoms with Crippen LogP contribution < -0.4 is 15.1 Å². The van der Waals surface area contributed by atoms with E-state index < -0.39 is 6.04 Å². The molecular formula is C23H26N4O3. The van der Waals surface area contributed by atoms with Crippen molar-refractivity contribution >= 4 is 34.8 Å². The number of likely N-dealkylation sites (N-methyl/N-ethyl adjacent to an activating group) is 1. The third kappa shape index (κ3) is 3.75. The van der Waals surface area contributed by atoms with Gasteiger partial charge in [-0.05, 0) is 43.2 Å². The SMILES string of the molecule is CN1CCC(=O)Nc2cc(C(=O)N(C)[C@H]3CCCN(c4ccccc4)C3=O)ccc21. The Kier molecular flexibility index (Phi) is 5.44. The second-order valence-corrected chi connectivity index (χ2v) is 7.85. The van der Waals surface area contributed by atoms with Crippen LogP contribution in [0.1, 0.15) is 29.6 Å². The number of piperidine rings is 1. The average Bonchev–Trinajstić information content (AvgIpc) is 2.91. The molecule has 2 aromatic rings. The fourth-order valence-corrected chi connectivity index (χ4v) is 4.13. The minimum atomic E-state index is -0.512. The van der Waals surface area contributed by atoms with E-state index in [0.717, 1.165) is 17.8 Å². The van der Waals surface area contributed by atoms with Crippen molar-refractivity contribution in [3.63, 3.8) is 0 Å². The lowest BCUT2D eigenvalue weighted by atomic mass is 10.0. The number of para-hydroxylation sites is 1. The number of hydrogen-bond acceptors (Lipinski definition) is 4. The molecule has 0 unspecified atom stereocenters. The number of fused-ring (bicyclic) bond motifs is 1. The molecule has 0 bridgehead atoms. The molecule has 3 amide bonds. The Morgan fingerprint density at radius 2 is 1.87 bits per heavy atom. The number of hydrogen-bond donors (Lipinski definition) is 1. The van der Waals surface area contributed by atoms with Crippen LogP contribution in [0.25, 0.3) is 0 Å². The van der Waals surface area contributed by atoms with Crippen LogP contribution in [0, 0.1) is 0 Å². The first-order valence-corrected chi connectivity index (χ1v) is 10.2. The third-order valence-corrected chi connectivity index (χ3v) is 5.87. The first-order chi connectivity index (χ1) is 14.5. The highest BCUT2D eigenvalue weighted by Crippen LogP contribution is 2.30. The molecule has 156 valence electrons. The zero-order valence-electron chi connectivity index (χ0n) is 17.3. The molecule has 2 aromatic carbocycles. The molecule has 7 nitrogen and oxygen atoms in total. The molecule has 2 heterocycles. The van der Waals surface area contributed by atoms with Gasteiger partial charge in [0, 0.05) is 44.9 Å². The molecule has 0 radical (unpaired) electrons. The van der Waals surface area contributed by atoms with E-state index in [1.54, 1.807) is 24.1 Å². The second-order valence-electron chi connectivity index (χ2n) is 7.85. The molecule has 7 heteroatoms. The van der Waals surface area contributed by atoms with Crippen LogP contribution in [0.2, 0.25) is 0 Å². The Morgan fingerprint density at radius 3 is 2.63 bits per heavy atom. The Bertz CT molecular complexity index is 976. The van der Waals surface area contributed by atoms with Crippen molar-refractivity contribution in [3.8, 4) is 0 Å². The van der Waals surface area contributed by atoms with Crippen molar-refractivity contribution in [2.24, 2.45) is 0 Å². The molecular weight excluding hydrogens is 380 g/mol. The van der Waals surface area contributed by atoms with E-state index in [4.69, 9.17) is 0 Å². The quantitative estimate of drug-likeness (QED) is 0.851. The standard InChI is InChI=1S/C23H26N4O3/c1-25-14-12-21(28)24-18-15-16(10-11-19(18)25)22(29)26(2)20-9-6-13-27(23(20)30)17-7-4-3-5-8-17/h3-5,7-8,10-11,15,20H,6,9,12-14H2,1-2H3,(H,24,28)/t20-/m0/s1. The maximum Gasteiger partial charge on any atom is 0.254 e. The van der Waals surface area contributed by atoms with Gasteiger partial charge in [0.2, 0.25) is 11.8 Å². The Hall–Kier alpha value is -3.35. The molecule has 2 aliphatic rings. The maximum atomic E-state index is 13.2. The van der Waals surface area contributed by atoms with E-state index in [-0.39, 0.29) is 17.7 Å². The van der Waals surface area contributed by atoms with Crippen LogP contribution in [0.3, 0.4) is 0 Å². The number of anilines is 3. The lowest BCUT2D eigenvalue weighted by Gasteiger charge is -2.37. The summed E-state index contributed by atoms with van der Waals surface area (Å²) in [4.78, 5) is 43.6. The van der Waals surface area contributed by atoms with Crippen LogP contribution in [0.4, 0.5) is 17.1 Å². The van der Waals surface area contributed by atoms with Crippen LogP contribution in [-0.2, 0) is 9.59 Å². The number of carbonyl (C=O) groups excluding carboxylic acids is 3. The first kappa shape index (κ1) is 19.9. The van der Waals surface area contributed by atoms with E-state index in [1.165, 1.54) is 4.90 Å². The van der Waals surface area contributed by atoms with Gasteiger partial charge in [-0.15, -0.1) is 0 Å². The molecule has 0 aliphatic carbocycles. The van der Waals surface area contributed by atoms with Gasteiger partial charge in [0.15, 0.2) is 0 Å². The summed E-state index contributed by atoms with van der Waals surface area (Å²) in [6.07, 6.45) is 1.86. The Labute approximate surface area is 176 Å². The lowest BCUT2D eigenvalue weighted by molar-refractivity contribution is -0.124. The van der Waals surface area contributed by atoms with Gasteiger partial charge in [-0.1, -0.05) is 18.2 Å². The molecule has 0 spiro atoms. The number of nitrogens with zero attached hydrogens (tertiary/aromatic N) is 3. The van der Waals surface area contributed by atoms with E-state index in [0.29, 0.717) is 37.2 Å².